The molecule has 2 aliphatic rings. The van der Waals surface area contributed by atoms with E-state index in [0.717, 1.165) is 28.9 Å². The van der Waals surface area contributed by atoms with Gasteiger partial charge in [-0.3, -0.25) is 0 Å². The summed E-state index contributed by atoms with van der Waals surface area (Å²) < 4.78 is 13.7. The van der Waals surface area contributed by atoms with Crippen LogP contribution in [0.3, 0.4) is 0 Å². The number of fused-ring (bicyclic) bond motifs is 1. The summed E-state index contributed by atoms with van der Waals surface area (Å²) in [7, 11) is 0. The van der Waals surface area contributed by atoms with Crippen LogP contribution in [0.15, 0.2) is 42.5 Å². The highest BCUT2D eigenvalue weighted by Crippen LogP contribution is 2.47. The maximum Gasteiger partial charge on any atom is 0.142 e. The lowest BCUT2D eigenvalue weighted by atomic mass is 9.64. The molecule has 4 rings (SSSR count). The topological polar surface area (TPSA) is 0 Å². The Bertz CT molecular complexity index is 736. The summed E-state index contributed by atoms with van der Waals surface area (Å²) in [5.41, 5.74) is 3.40. The molecule has 0 radical (unpaired) electrons. The molecule has 0 heterocycles. The van der Waals surface area contributed by atoms with Gasteiger partial charge in [0.15, 0.2) is 0 Å². The third-order valence-electron chi connectivity index (χ3n) is 6.51. The zero-order valence-corrected chi connectivity index (χ0v) is 15.6. The van der Waals surface area contributed by atoms with Crippen molar-refractivity contribution in [3.8, 4) is 11.1 Å². The molecule has 0 aliphatic heterocycles. The average molecular weight is 357 g/mol. The molecule has 1 unspecified atom stereocenters. The van der Waals surface area contributed by atoms with Crippen LogP contribution in [0.1, 0.15) is 56.9 Å². The minimum Gasteiger partial charge on any atom is -0.205 e. The van der Waals surface area contributed by atoms with E-state index in [0.29, 0.717) is 5.92 Å². The van der Waals surface area contributed by atoms with Crippen molar-refractivity contribution in [1.29, 1.82) is 0 Å². The molecular weight excluding hydrogens is 331 g/mol. The molecule has 4 atom stereocenters. The predicted molar refractivity (Wildman–Crippen MR) is 103 cm³/mol. The highest BCUT2D eigenvalue weighted by Gasteiger charge is 2.34. The summed E-state index contributed by atoms with van der Waals surface area (Å²) in [4.78, 5) is 0. The van der Waals surface area contributed by atoms with Gasteiger partial charge in [0.25, 0.3) is 0 Å². The fourth-order valence-electron chi connectivity index (χ4n) is 5.05. The molecule has 0 bridgehead atoms. The third-order valence-corrected chi connectivity index (χ3v) is 6.82. The van der Waals surface area contributed by atoms with Crippen molar-refractivity contribution < 1.29 is 4.39 Å². The van der Waals surface area contributed by atoms with E-state index in [1.807, 2.05) is 6.07 Å². The van der Waals surface area contributed by atoms with Gasteiger partial charge in [-0.05, 0) is 84.6 Å². The lowest BCUT2D eigenvalue weighted by Gasteiger charge is -2.41. The van der Waals surface area contributed by atoms with Crippen LogP contribution in [0.25, 0.3) is 11.1 Å². The van der Waals surface area contributed by atoms with Gasteiger partial charge < -0.3 is 0 Å². The first-order valence-electron chi connectivity index (χ1n) is 9.65. The maximum atomic E-state index is 13.7. The Morgan fingerprint density at radius 2 is 1.52 bits per heavy atom. The van der Waals surface area contributed by atoms with Gasteiger partial charge in [0.05, 0.1) is 5.02 Å². The predicted octanol–water partition coefficient (Wildman–Crippen LogP) is 7.47. The number of hydrogen-bond acceptors (Lipinski definition) is 0. The molecule has 0 spiro atoms. The quantitative estimate of drug-likeness (QED) is 0.523. The van der Waals surface area contributed by atoms with Crippen molar-refractivity contribution >= 4 is 11.6 Å². The Morgan fingerprint density at radius 1 is 0.840 bits per heavy atom. The second-order valence-electron chi connectivity index (χ2n) is 8.20. The first-order valence-corrected chi connectivity index (χ1v) is 10.0. The molecule has 0 N–H and O–H groups in total. The Labute approximate surface area is 155 Å². The third kappa shape index (κ3) is 3.62. The molecule has 2 fully saturated rings. The van der Waals surface area contributed by atoms with E-state index in [2.05, 4.69) is 31.2 Å². The van der Waals surface area contributed by atoms with Crippen molar-refractivity contribution in [3.05, 3.63) is 58.9 Å². The molecule has 25 heavy (non-hydrogen) atoms. The number of benzene rings is 2. The van der Waals surface area contributed by atoms with Crippen LogP contribution in [0.5, 0.6) is 0 Å². The lowest BCUT2D eigenvalue weighted by Crippen LogP contribution is -2.29. The molecular formula is C23H26ClF. The van der Waals surface area contributed by atoms with Gasteiger partial charge in [-0.25, -0.2) is 4.39 Å². The van der Waals surface area contributed by atoms with Crippen molar-refractivity contribution in [3.63, 3.8) is 0 Å². The molecule has 0 saturated heterocycles. The normalized spacial score (nSPS) is 29.2. The Hall–Kier alpha value is -1.34. The summed E-state index contributed by atoms with van der Waals surface area (Å²) in [6.45, 7) is 2.42. The van der Waals surface area contributed by atoms with Crippen LogP contribution in [0.2, 0.25) is 5.02 Å². The fourth-order valence-corrected chi connectivity index (χ4v) is 5.17. The highest BCUT2D eigenvalue weighted by atomic mass is 35.5. The van der Waals surface area contributed by atoms with Gasteiger partial charge in [-0.1, -0.05) is 55.3 Å². The number of rotatable bonds is 2. The van der Waals surface area contributed by atoms with Crippen molar-refractivity contribution in [2.24, 2.45) is 17.8 Å². The van der Waals surface area contributed by atoms with E-state index in [4.69, 9.17) is 11.6 Å². The average Bonchev–Trinajstić information content (AvgIpc) is 2.64. The lowest BCUT2D eigenvalue weighted by molar-refractivity contribution is 0.124. The Morgan fingerprint density at radius 3 is 2.28 bits per heavy atom. The SMILES string of the molecule is CC1CC[C@@H]2C[C@H](c3ccc(-c4ccc(Cl)c(F)c4)cc3)CC[C@@H]2C1. The van der Waals surface area contributed by atoms with E-state index in [-0.39, 0.29) is 10.8 Å². The van der Waals surface area contributed by atoms with E-state index in [1.54, 1.807) is 6.07 Å². The van der Waals surface area contributed by atoms with Crippen LogP contribution in [0.4, 0.5) is 4.39 Å². The van der Waals surface area contributed by atoms with Gasteiger partial charge >= 0.3 is 0 Å². The summed E-state index contributed by atoms with van der Waals surface area (Å²) in [5, 5.41) is 0.180. The molecule has 0 amide bonds. The Kier molecular flexibility index (Phi) is 4.86. The van der Waals surface area contributed by atoms with Crippen LogP contribution in [0, 0.1) is 23.6 Å². The van der Waals surface area contributed by atoms with Crippen LogP contribution in [-0.2, 0) is 0 Å². The summed E-state index contributed by atoms with van der Waals surface area (Å²) in [5.74, 6) is 3.17. The maximum absolute atomic E-state index is 13.7. The van der Waals surface area contributed by atoms with Gasteiger partial charge in [-0.2, -0.15) is 0 Å². The zero-order valence-electron chi connectivity index (χ0n) is 14.8. The molecule has 2 aromatic carbocycles. The van der Waals surface area contributed by atoms with E-state index < -0.39 is 0 Å². The minimum atomic E-state index is -0.354. The Balaban J connectivity index is 1.48. The minimum absolute atomic E-state index is 0.180. The highest BCUT2D eigenvalue weighted by molar-refractivity contribution is 6.30. The smallest absolute Gasteiger partial charge is 0.142 e. The van der Waals surface area contributed by atoms with Crippen molar-refractivity contribution in [2.75, 3.05) is 0 Å². The van der Waals surface area contributed by atoms with Crippen LogP contribution < -0.4 is 0 Å². The standard InChI is InChI=1S/C23H26ClF/c1-15-2-3-20-13-19(9-8-18(20)12-15)16-4-6-17(7-5-16)21-10-11-22(24)23(25)14-21/h4-7,10-11,14-15,18-20H,2-3,8-9,12-13H2,1H3/t15?,18-,19-,20-/m1/s1. The summed E-state index contributed by atoms with van der Waals surface area (Å²) in [6, 6.07) is 13.8. The molecule has 0 aromatic heterocycles. The summed E-state index contributed by atoms with van der Waals surface area (Å²) in [6.07, 6.45) is 8.34. The van der Waals surface area contributed by atoms with E-state index in [1.165, 1.54) is 50.2 Å². The molecule has 2 heteroatoms. The van der Waals surface area contributed by atoms with Gasteiger partial charge in [0.1, 0.15) is 5.82 Å². The molecule has 2 saturated carbocycles. The molecule has 2 aliphatic carbocycles. The molecule has 132 valence electrons. The van der Waals surface area contributed by atoms with Crippen LogP contribution >= 0.6 is 11.6 Å². The zero-order chi connectivity index (χ0) is 17.4. The fraction of sp³-hybridized carbons (Fsp3) is 0.478. The van der Waals surface area contributed by atoms with E-state index in [9.17, 15) is 4.39 Å². The van der Waals surface area contributed by atoms with Gasteiger partial charge in [0, 0.05) is 0 Å². The number of hydrogen-bond donors (Lipinski definition) is 0. The summed E-state index contributed by atoms with van der Waals surface area (Å²) >= 11 is 5.78. The second kappa shape index (κ2) is 7.11. The van der Waals surface area contributed by atoms with Crippen molar-refractivity contribution in [1.82, 2.24) is 0 Å². The van der Waals surface area contributed by atoms with Crippen LogP contribution in [-0.4, -0.2) is 0 Å². The number of halogens is 2. The first kappa shape index (κ1) is 17.1. The van der Waals surface area contributed by atoms with Crippen molar-refractivity contribution in [2.45, 2.75) is 51.4 Å². The van der Waals surface area contributed by atoms with E-state index >= 15 is 0 Å². The largest absolute Gasteiger partial charge is 0.205 e. The molecule has 2 aromatic rings. The molecule has 0 nitrogen and oxygen atoms in total. The second-order valence-corrected chi connectivity index (χ2v) is 8.61. The monoisotopic (exact) mass is 356 g/mol. The van der Waals surface area contributed by atoms with Gasteiger partial charge in [-0.15, -0.1) is 0 Å². The first-order chi connectivity index (χ1) is 12.1. The van der Waals surface area contributed by atoms with Gasteiger partial charge in [0.2, 0.25) is 0 Å².